The molecule has 0 spiro atoms. The summed E-state index contributed by atoms with van der Waals surface area (Å²) >= 11 is 0. The Bertz CT molecular complexity index is 541. The zero-order valence-corrected chi connectivity index (χ0v) is 12.2. The van der Waals surface area contributed by atoms with E-state index in [2.05, 4.69) is 4.72 Å². The first-order valence-electron chi connectivity index (χ1n) is 6.00. The van der Waals surface area contributed by atoms with Gasteiger partial charge in [-0.05, 0) is 32.9 Å². The van der Waals surface area contributed by atoms with Crippen LogP contribution in [-0.2, 0) is 10.2 Å². The van der Waals surface area contributed by atoms with Crippen molar-refractivity contribution in [3.63, 3.8) is 0 Å². The molecule has 0 bridgehead atoms. The van der Waals surface area contributed by atoms with Crippen LogP contribution in [0.5, 0.6) is 0 Å². The van der Waals surface area contributed by atoms with Gasteiger partial charge in [0.25, 0.3) is 0 Å². The molecule has 19 heavy (non-hydrogen) atoms. The molecule has 0 radical (unpaired) electrons. The Kier molecular flexibility index (Phi) is 4.92. The molecule has 1 rings (SSSR count). The molecule has 0 fully saturated rings. The molecule has 0 saturated heterocycles. The number of benzene rings is 1. The first-order valence-corrected chi connectivity index (χ1v) is 7.44. The van der Waals surface area contributed by atoms with Crippen molar-refractivity contribution in [2.45, 2.75) is 32.7 Å². The summed E-state index contributed by atoms with van der Waals surface area (Å²) in [5, 5.41) is 8.67. The fourth-order valence-electron chi connectivity index (χ4n) is 1.58. The van der Waals surface area contributed by atoms with Crippen LogP contribution in [-0.4, -0.2) is 20.5 Å². The van der Waals surface area contributed by atoms with Gasteiger partial charge in [-0.3, -0.25) is 4.31 Å². The Morgan fingerprint density at radius 2 is 1.84 bits per heavy atom. The van der Waals surface area contributed by atoms with E-state index in [4.69, 9.17) is 5.26 Å². The minimum Gasteiger partial charge on any atom is -0.257 e. The van der Waals surface area contributed by atoms with Gasteiger partial charge in [-0.2, -0.15) is 18.4 Å². The van der Waals surface area contributed by atoms with E-state index in [9.17, 15) is 8.42 Å². The van der Waals surface area contributed by atoms with Crippen LogP contribution in [0.4, 0.5) is 5.69 Å². The van der Waals surface area contributed by atoms with Crippen molar-refractivity contribution in [1.82, 2.24) is 4.72 Å². The third-order valence-corrected chi connectivity index (χ3v) is 4.04. The lowest BCUT2D eigenvalue weighted by Crippen LogP contribution is -2.49. The van der Waals surface area contributed by atoms with Gasteiger partial charge in [0.05, 0.1) is 18.2 Å². The maximum absolute atomic E-state index is 12.4. The number of para-hydroxylation sites is 1. The normalized spacial score (nSPS) is 11.9. The van der Waals surface area contributed by atoms with Crippen LogP contribution in [0, 0.1) is 11.3 Å². The average Bonchev–Trinajstić information content (AvgIpc) is 2.27. The summed E-state index contributed by atoms with van der Waals surface area (Å²) in [4.78, 5) is 0. The molecule has 0 aromatic heterocycles. The van der Waals surface area contributed by atoms with Crippen molar-refractivity contribution < 1.29 is 8.42 Å². The van der Waals surface area contributed by atoms with E-state index in [0.29, 0.717) is 5.69 Å². The molecule has 1 aromatic rings. The van der Waals surface area contributed by atoms with Gasteiger partial charge >= 0.3 is 10.2 Å². The predicted octanol–water partition coefficient (Wildman–Crippen LogP) is 2.04. The van der Waals surface area contributed by atoms with E-state index in [1.165, 1.54) is 4.31 Å². The predicted molar refractivity (Wildman–Crippen MR) is 75.8 cm³/mol. The highest BCUT2D eigenvalue weighted by Crippen LogP contribution is 2.18. The lowest BCUT2D eigenvalue weighted by atomic mass is 10.1. The van der Waals surface area contributed by atoms with Gasteiger partial charge in [0.2, 0.25) is 0 Å². The summed E-state index contributed by atoms with van der Waals surface area (Å²) in [5.74, 6) is 0. The molecule has 1 aromatic carbocycles. The lowest BCUT2D eigenvalue weighted by Gasteiger charge is -2.28. The molecule has 0 atom stereocenters. The van der Waals surface area contributed by atoms with E-state index >= 15 is 0 Å². The zero-order chi connectivity index (χ0) is 14.5. The highest BCUT2D eigenvalue weighted by atomic mass is 32.2. The SMILES string of the molecule is CC(C)(C)NS(=O)(=O)N(CCC#N)c1ccccc1. The van der Waals surface area contributed by atoms with Crippen molar-refractivity contribution >= 4 is 15.9 Å². The van der Waals surface area contributed by atoms with Gasteiger partial charge in [0.15, 0.2) is 0 Å². The molecule has 6 heteroatoms. The van der Waals surface area contributed by atoms with Gasteiger partial charge in [0.1, 0.15) is 0 Å². The standard InChI is InChI=1S/C13H19N3O2S/c1-13(2,3)15-19(17,18)16(11-7-10-14)12-8-5-4-6-9-12/h4-6,8-9,15H,7,11H2,1-3H3. The van der Waals surface area contributed by atoms with E-state index < -0.39 is 15.7 Å². The topological polar surface area (TPSA) is 73.2 Å². The average molecular weight is 281 g/mol. The molecule has 104 valence electrons. The van der Waals surface area contributed by atoms with Crippen LogP contribution in [0.2, 0.25) is 0 Å². The molecule has 0 aliphatic rings. The monoisotopic (exact) mass is 281 g/mol. The molecule has 0 aliphatic heterocycles. The fourth-order valence-corrected chi connectivity index (χ4v) is 3.19. The molecule has 0 aliphatic carbocycles. The van der Waals surface area contributed by atoms with Gasteiger partial charge in [-0.15, -0.1) is 0 Å². The Morgan fingerprint density at radius 1 is 1.26 bits per heavy atom. The summed E-state index contributed by atoms with van der Waals surface area (Å²) in [5.41, 5.74) is -0.0205. The molecule has 0 unspecified atom stereocenters. The molecular weight excluding hydrogens is 262 g/mol. The van der Waals surface area contributed by atoms with E-state index in [1.807, 2.05) is 12.1 Å². The number of nitrogens with one attached hydrogen (secondary N) is 1. The Labute approximate surface area is 115 Å². The fraction of sp³-hybridized carbons (Fsp3) is 0.462. The number of hydrogen-bond donors (Lipinski definition) is 1. The Balaban J connectivity index is 3.08. The maximum Gasteiger partial charge on any atom is 0.302 e. The summed E-state index contributed by atoms with van der Waals surface area (Å²) < 4.78 is 28.5. The second-order valence-corrected chi connectivity index (χ2v) is 6.77. The zero-order valence-electron chi connectivity index (χ0n) is 11.4. The largest absolute Gasteiger partial charge is 0.302 e. The number of hydrogen-bond acceptors (Lipinski definition) is 3. The smallest absolute Gasteiger partial charge is 0.257 e. The number of anilines is 1. The number of nitriles is 1. The summed E-state index contributed by atoms with van der Waals surface area (Å²) in [7, 11) is -3.67. The minimum atomic E-state index is -3.67. The number of rotatable bonds is 5. The van der Waals surface area contributed by atoms with Gasteiger partial charge in [-0.25, -0.2) is 0 Å². The van der Waals surface area contributed by atoms with Crippen LogP contribution in [0.3, 0.4) is 0 Å². The molecule has 0 saturated carbocycles. The summed E-state index contributed by atoms with van der Waals surface area (Å²) in [6.45, 7) is 5.46. The van der Waals surface area contributed by atoms with Crippen LogP contribution < -0.4 is 9.03 Å². The van der Waals surface area contributed by atoms with Crippen molar-refractivity contribution in [3.05, 3.63) is 30.3 Å². The minimum absolute atomic E-state index is 0.131. The molecule has 0 heterocycles. The van der Waals surface area contributed by atoms with Crippen molar-refractivity contribution in [2.75, 3.05) is 10.8 Å². The van der Waals surface area contributed by atoms with Gasteiger partial charge < -0.3 is 0 Å². The third kappa shape index (κ3) is 4.89. The maximum atomic E-state index is 12.4. The van der Waals surface area contributed by atoms with Crippen molar-refractivity contribution in [1.29, 1.82) is 5.26 Å². The summed E-state index contributed by atoms with van der Waals surface area (Å²) in [6, 6.07) is 10.7. The molecule has 5 nitrogen and oxygen atoms in total. The molecule has 1 N–H and O–H groups in total. The van der Waals surface area contributed by atoms with Crippen LogP contribution in [0.1, 0.15) is 27.2 Å². The van der Waals surface area contributed by atoms with Gasteiger partial charge in [-0.1, -0.05) is 18.2 Å². The quantitative estimate of drug-likeness (QED) is 0.897. The Morgan fingerprint density at radius 3 is 2.32 bits per heavy atom. The lowest BCUT2D eigenvalue weighted by molar-refractivity contribution is 0.489. The van der Waals surface area contributed by atoms with Crippen LogP contribution in [0.15, 0.2) is 30.3 Å². The van der Waals surface area contributed by atoms with Gasteiger partial charge in [0, 0.05) is 12.1 Å². The van der Waals surface area contributed by atoms with E-state index in [0.717, 1.165) is 0 Å². The number of nitrogens with zero attached hydrogens (tertiary/aromatic N) is 2. The second kappa shape index (κ2) is 6.04. The third-order valence-electron chi connectivity index (χ3n) is 2.20. The van der Waals surface area contributed by atoms with Crippen molar-refractivity contribution in [3.8, 4) is 6.07 Å². The second-order valence-electron chi connectivity index (χ2n) is 5.17. The Hall–Kier alpha value is -1.58. The molecule has 0 amide bonds. The highest BCUT2D eigenvalue weighted by Gasteiger charge is 2.26. The summed E-state index contributed by atoms with van der Waals surface area (Å²) in [6.07, 6.45) is 0.139. The highest BCUT2D eigenvalue weighted by molar-refractivity contribution is 7.90. The molecular formula is C13H19N3O2S. The van der Waals surface area contributed by atoms with Crippen LogP contribution >= 0.6 is 0 Å². The van der Waals surface area contributed by atoms with Crippen molar-refractivity contribution in [2.24, 2.45) is 0 Å². The van der Waals surface area contributed by atoms with E-state index in [-0.39, 0.29) is 13.0 Å². The van der Waals surface area contributed by atoms with E-state index in [1.54, 1.807) is 45.0 Å². The van der Waals surface area contributed by atoms with Crippen LogP contribution in [0.25, 0.3) is 0 Å². The first kappa shape index (κ1) is 15.5. The first-order chi connectivity index (χ1) is 8.76.